The lowest BCUT2D eigenvalue weighted by Gasteiger charge is -2.35. The zero-order chi connectivity index (χ0) is 13.3. The van der Waals surface area contributed by atoms with Crippen LogP contribution in [0.5, 0.6) is 0 Å². The lowest BCUT2D eigenvalue weighted by Crippen LogP contribution is -2.40. The second-order valence-corrected chi connectivity index (χ2v) is 5.16. The summed E-state index contributed by atoms with van der Waals surface area (Å²) in [6.45, 7) is 6.02. The van der Waals surface area contributed by atoms with Crippen molar-refractivity contribution in [2.24, 2.45) is 11.8 Å². The van der Waals surface area contributed by atoms with Gasteiger partial charge in [0.25, 0.3) is 5.56 Å². The molecule has 0 aliphatic carbocycles. The van der Waals surface area contributed by atoms with Crippen molar-refractivity contribution in [2.75, 3.05) is 23.7 Å². The minimum atomic E-state index is -0.474. The van der Waals surface area contributed by atoms with Gasteiger partial charge in [-0.2, -0.15) is 4.98 Å². The predicted octanol–water partition coefficient (Wildman–Crippen LogP) is 0.647. The molecule has 3 N–H and O–H groups in total. The molecule has 0 saturated carbocycles. The second-order valence-electron chi connectivity index (χ2n) is 5.16. The molecule has 0 amide bonds. The van der Waals surface area contributed by atoms with Crippen LogP contribution in [-0.2, 0) is 0 Å². The molecule has 1 aliphatic heterocycles. The number of hydrogen-bond acceptors (Lipinski definition) is 5. The Morgan fingerprint density at radius 3 is 2.50 bits per heavy atom. The Hall–Kier alpha value is -1.85. The summed E-state index contributed by atoms with van der Waals surface area (Å²) in [5.41, 5.74) is 5.05. The topological polar surface area (TPSA) is 92.1 Å². The summed E-state index contributed by atoms with van der Waals surface area (Å²) >= 11 is 0. The van der Waals surface area contributed by atoms with E-state index in [0.29, 0.717) is 24.1 Å². The largest absolute Gasteiger partial charge is 0.383 e. The lowest BCUT2D eigenvalue weighted by atomic mass is 9.92. The van der Waals surface area contributed by atoms with Crippen LogP contribution < -0.4 is 16.2 Å². The number of H-pyrrole nitrogens is 1. The van der Waals surface area contributed by atoms with Crippen LogP contribution in [-0.4, -0.2) is 29.3 Å². The van der Waals surface area contributed by atoms with E-state index in [1.165, 1.54) is 6.42 Å². The predicted molar refractivity (Wildman–Crippen MR) is 69.8 cm³/mol. The maximum absolute atomic E-state index is 11.7. The summed E-state index contributed by atoms with van der Waals surface area (Å²) in [6.07, 6.45) is 1.61. The molecule has 2 heterocycles. The van der Waals surface area contributed by atoms with Gasteiger partial charge in [-0.05, 0) is 18.3 Å². The van der Waals surface area contributed by atoms with Crippen molar-refractivity contribution in [3.63, 3.8) is 0 Å². The first-order valence-corrected chi connectivity index (χ1v) is 6.11. The van der Waals surface area contributed by atoms with Crippen molar-refractivity contribution in [3.8, 4) is 0 Å². The zero-order valence-electron chi connectivity index (χ0n) is 10.6. The SMILES string of the molecule is CC1CC(C)CN(c2nc(N)c(C=O)c(=O)[nH]2)C1. The smallest absolute Gasteiger partial charge is 0.265 e. The van der Waals surface area contributed by atoms with Crippen molar-refractivity contribution in [3.05, 3.63) is 15.9 Å². The van der Waals surface area contributed by atoms with E-state index in [0.717, 1.165) is 13.1 Å². The lowest BCUT2D eigenvalue weighted by molar-refractivity contribution is 0.112. The standard InChI is InChI=1S/C12H18N4O2/c1-7-3-8(2)5-16(4-7)12-14-10(13)9(6-17)11(18)15-12/h6-8H,3-5H2,1-2H3,(H3,13,14,15,18). The molecule has 2 rings (SSSR count). The summed E-state index contributed by atoms with van der Waals surface area (Å²) in [5.74, 6) is 1.55. The molecular weight excluding hydrogens is 232 g/mol. The molecular formula is C12H18N4O2. The Bertz CT molecular complexity index is 501. The highest BCUT2D eigenvalue weighted by atomic mass is 16.1. The molecule has 1 aromatic rings. The van der Waals surface area contributed by atoms with Crippen LogP contribution >= 0.6 is 0 Å². The Kier molecular flexibility index (Phi) is 3.36. The quantitative estimate of drug-likeness (QED) is 0.752. The molecule has 1 saturated heterocycles. The van der Waals surface area contributed by atoms with Gasteiger partial charge in [0.05, 0.1) is 0 Å². The third-order valence-electron chi connectivity index (χ3n) is 3.26. The third kappa shape index (κ3) is 2.37. The van der Waals surface area contributed by atoms with Crippen LogP contribution in [0.4, 0.5) is 11.8 Å². The Morgan fingerprint density at radius 1 is 1.39 bits per heavy atom. The average Bonchev–Trinajstić information content (AvgIpc) is 2.27. The molecule has 6 heteroatoms. The van der Waals surface area contributed by atoms with E-state index in [1.807, 2.05) is 4.90 Å². The molecule has 1 fully saturated rings. The van der Waals surface area contributed by atoms with Gasteiger partial charge in [0.15, 0.2) is 6.29 Å². The van der Waals surface area contributed by atoms with E-state index in [2.05, 4.69) is 23.8 Å². The van der Waals surface area contributed by atoms with E-state index in [9.17, 15) is 9.59 Å². The summed E-state index contributed by atoms with van der Waals surface area (Å²) in [7, 11) is 0. The normalized spacial score (nSPS) is 24.0. The van der Waals surface area contributed by atoms with E-state index in [-0.39, 0.29) is 11.4 Å². The van der Waals surface area contributed by atoms with Gasteiger partial charge in [-0.3, -0.25) is 14.6 Å². The van der Waals surface area contributed by atoms with Crippen LogP contribution in [0.2, 0.25) is 0 Å². The number of nitrogens with one attached hydrogen (secondary N) is 1. The fraction of sp³-hybridized carbons (Fsp3) is 0.583. The van der Waals surface area contributed by atoms with E-state index in [4.69, 9.17) is 5.73 Å². The summed E-state index contributed by atoms with van der Waals surface area (Å²) < 4.78 is 0. The first kappa shape index (κ1) is 12.6. The Morgan fingerprint density at radius 2 is 2.00 bits per heavy atom. The number of aromatic nitrogens is 2. The maximum atomic E-state index is 11.7. The Labute approximate surface area is 105 Å². The van der Waals surface area contributed by atoms with Crippen LogP contribution in [0.25, 0.3) is 0 Å². The summed E-state index contributed by atoms with van der Waals surface area (Å²) in [6, 6.07) is 0. The van der Waals surface area contributed by atoms with Gasteiger partial charge >= 0.3 is 0 Å². The van der Waals surface area contributed by atoms with Crippen LogP contribution in [0.3, 0.4) is 0 Å². The highest BCUT2D eigenvalue weighted by molar-refractivity contribution is 5.81. The number of rotatable bonds is 2. The summed E-state index contributed by atoms with van der Waals surface area (Å²) in [5, 5.41) is 0. The maximum Gasteiger partial charge on any atom is 0.265 e. The third-order valence-corrected chi connectivity index (χ3v) is 3.26. The van der Waals surface area contributed by atoms with Crippen molar-refractivity contribution in [1.29, 1.82) is 0 Å². The van der Waals surface area contributed by atoms with Crippen molar-refractivity contribution >= 4 is 18.1 Å². The van der Waals surface area contributed by atoms with E-state index in [1.54, 1.807) is 0 Å². The molecule has 2 unspecified atom stereocenters. The van der Waals surface area contributed by atoms with Gasteiger partial charge in [-0.15, -0.1) is 0 Å². The number of carbonyl (C=O) groups is 1. The number of aldehydes is 1. The fourth-order valence-electron chi connectivity index (χ4n) is 2.59. The number of nitrogen functional groups attached to an aromatic ring is 1. The molecule has 1 aromatic heterocycles. The van der Waals surface area contributed by atoms with Gasteiger partial charge < -0.3 is 10.6 Å². The van der Waals surface area contributed by atoms with Crippen LogP contribution in [0, 0.1) is 11.8 Å². The van der Waals surface area contributed by atoms with Crippen molar-refractivity contribution in [2.45, 2.75) is 20.3 Å². The number of carbonyl (C=O) groups excluding carboxylic acids is 1. The van der Waals surface area contributed by atoms with Gasteiger partial charge in [-0.1, -0.05) is 13.8 Å². The van der Waals surface area contributed by atoms with E-state index < -0.39 is 5.56 Å². The van der Waals surface area contributed by atoms with Gasteiger partial charge in [0.1, 0.15) is 11.4 Å². The molecule has 2 atom stereocenters. The summed E-state index contributed by atoms with van der Waals surface area (Å²) in [4.78, 5) is 31.1. The number of piperidine rings is 1. The average molecular weight is 250 g/mol. The number of nitrogens with two attached hydrogens (primary N) is 1. The van der Waals surface area contributed by atoms with Crippen LogP contribution in [0.1, 0.15) is 30.6 Å². The first-order chi connectivity index (χ1) is 8.51. The minimum absolute atomic E-state index is 0.00497. The first-order valence-electron chi connectivity index (χ1n) is 6.11. The number of anilines is 2. The molecule has 0 spiro atoms. The molecule has 1 aliphatic rings. The molecule has 0 bridgehead atoms. The van der Waals surface area contributed by atoms with Crippen molar-refractivity contribution < 1.29 is 4.79 Å². The number of nitrogens with zero attached hydrogens (tertiary/aromatic N) is 2. The highest BCUT2D eigenvalue weighted by Crippen LogP contribution is 2.23. The molecule has 6 nitrogen and oxygen atoms in total. The van der Waals surface area contributed by atoms with Crippen molar-refractivity contribution in [1.82, 2.24) is 9.97 Å². The molecule has 0 radical (unpaired) electrons. The second kappa shape index (κ2) is 4.80. The monoisotopic (exact) mass is 250 g/mol. The van der Waals surface area contributed by atoms with Gasteiger partial charge in [-0.25, -0.2) is 0 Å². The molecule has 18 heavy (non-hydrogen) atoms. The molecule has 98 valence electrons. The fourth-order valence-corrected chi connectivity index (χ4v) is 2.59. The highest BCUT2D eigenvalue weighted by Gasteiger charge is 2.24. The Balaban J connectivity index is 2.34. The zero-order valence-corrected chi connectivity index (χ0v) is 10.6. The van der Waals surface area contributed by atoms with Gasteiger partial charge in [0, 0.05) is 13.1 Å². The minimum Gasteiger partial charge on any atom is -0.383 e. The molecule has 0 aromatic carbocycles. The number of hydrogen-bond donors (Lipinski definition) is 2. The van der Waals surface area contributed by atoms with Crippen LogP contribution in [0.15, 0.2) is 4.79 Å². The van der Waals surface area contributed by atoms with Gasteiger partial charge in [0.2, 0.25) is 5.95 Å². The number of aromatic amines is 1. The van der Waals surface area contributed by atoms with E-state index >= 15 is 0 Å².